The van der Waals surface area contributed by atoms with E-state index in [-0.39, 0.29) is 11.4 Å². The molecule has 2 heterocycles. The number of imidazole rings is 1. The van der Waals surface area contributed by atoms with Crippen molar-refractivity contribution in [2.24, 2.45) is 0 Å². The maximum absolute atomic E-state index is 12.5. The molecule has 0 aliphatic rings. The SMILES string of the molecule is Cc1c(-c2cccc(NC(=O)Nc3ccc(C(C)(C)C)cc3)c2)nc2ncccn12. The van der Waals surface area contributed by atoms with Crippen LogP contribution in [0.4, 0.5) is 16.2 Å². The number of nitrogens with one attached hydrogen (secondary N) is 2. The molecule has 6 nitrogen and oxygen atoms in total. The minimum atomic E-state index is -0.288. The third-order valence-corrected chi connectivity index (χ3v) is 5.05. The second kappa shape index (κ2) is 7.63. The summed E-state index contributed by atoms with van der Waals surface area (Å²) in [6, 6.07) is 17.2. The average molecular weight is 399 g/mol. The summed E-state index contributed by atoms with van der Waals surface area (Å²) < 4.78 is 1.95. The number of nitrogens with zero attached hydrogens (tertiary/aromatic N) is 3. The molecule has 0 atom stereocenters. The predicted molar refractivity (Wildman–Crippen MR) is 121 cm³/mol. The van der Waals surface area contributed by atoms with E-state index in [9.17, 15) is 4.79 Å². The smallest absolute Gasteiger partial charge is 0.308 e. The summed E-state index contributed by atoms with van der Waals surface area (Å²) in [7, 11) is 0. The number of rotatable bonds is 3. The van der Waals surface area contributed by atoms with E-state index in [4.69, 9.17) is 0 Å². The van der Waals surface area contributed by atoms with E-state index in [1.165, 1.54) is 5.56 Å². The van der Waals surface area contributed by atoms with Crippen LogP contribution in [0.5, 0.6) is 0 Å². The van der Waals surface area contributed by atoms with Gasteiger partial charge < -0.3 is 10.6 Å². The lowest BCUT2D eigenvalue weighted by Crippen LogP contribution is -2.19. The van der Waals surface area contributed by atoms with Gasteiger partial charge >= 0.3 is 6.03 Å². The van der Waals surface area contributed by atoms with Crippen molar-refractivity contribution in [3.05, 3.63) is 78.2 Å². The number of amides is 2. The number of hydrogen-bond acceptors (Lipinski definition) is 3. The van der Waals surface area contributed by atoms with Crippen LogP contribution in [-0.4, -0.2) is 20.4 Å². The molecule has 0 aliphatic carbocycles. The van der Waals surface area contributed by atoms with Gasteiger partial charge in [0.05, 0.1) is 5.69 Å². The molecule has 2 aromatic carbocycles. The molecule has 30 heavy (non-hydrogen) atoms. The molecule has 4 rings (SSSR count). The van der Waals surface area contributed by atoms with Crippen molar-refractivity contribution in [1.82, 2.24) is 14.4 Å². The fourth-order valence-corrected chi connectivity index (χ4v) is 3.37. The van der Waals surface area contributed by atoms with Gasteiger partial charge in [-0.15, -0.1) is 0 Å². The Labute approximate surface area is 176 Å². The van der Waals surface area contributed by atoms with E-state index in [2.05, 4.69) is 41.4 Å². The molecule has 0 spiro atoms. The lowest BCUT2D eigenvalue weighted by Gasteiger charge is -2.19. The summed E-state index contributed by atoms with van der Waals surface area (Å²) in [4.78, 5) is 21.4. The van der Waals surface area contributed by atoms with E-state index in [1.807, 2.05) is 72.1 Å². The monoisotopic (exact) mass is 399 g/mol. The van der Waals surface area contributed by atoms with Crippen molar-refractivity contribution in [3.63, 3.8) is 0 Å². The van der Waals surface area contributed by atoms with Crippen LogP contribution >= 0.6 is 0 Å². The predicted octanol–water partition coefficient (Wildman–Crippen LogP) is 5.65. The third kappa shape index (κ3) is 4.03. The molecule has 0 saturated heterocycles. The minimum absolute atomic E-state index is 0.0762. The number of urea groups is 1. The summed E-state index contributed by atoms with van der Waals surface area (Å²) in [5.41, 5.74) is 5.50. The van der Waals surface area contributed by atoms with E-state index < -0.39 is 0 Å². The van der Waals surface area contributed by atoms with Crippen LogP contribution in [0.1, 0.15) is 32.0 Å². The lowest BCUT2D eigenvalue weighted by molar-refractivity contribution is 0.262. The Kier molecular flexibility index (Phi) is 4.99. The summed E-state index contributed by atoms with van der Waals surface area (Å²) in [6.45, 7) is 8.49. The number of aromatic nitrogens is 3. The lowest BCUT2D eigenvalue weighted by atomic mass is 9.87. The van der Waals surface area contributed by atoms with Crippen LogP contribution in [0.2, 0.25) is 0 Å². The quantitative estimate of drug-likeness (QED) is 0.468. The van der Waals surface area contributed by atoms with Gasteiger partial charge in [0.15, 0.2) is 0 Å². The summed E-state index contributed by atoms with van der Waals surface area (Å²) in [5, 5.41) is 5.78. The second-order valence-corrected chi connectivity index (χ2v) is 8.32. The normalized spacial score (nSPS) is 11.5. The van der Waals surface area contributed by atoms with E-state index in [0.717, 1.165) is 22.6 Å². The van der Waals surface area contributed by atoms with Gasteiger partial charge in [-0.1, -0.05) is 45.0 Å². The number of carbonyl (C=O) groups is 1. The number of anilines is 2. The Bertz CT molecular complexity index is 1200. The second-order valence-electron chi connectivity index (χ2n) is 8.32. The maximum Gasteiger partial charge on any atom is 0.323 e. The Morgan fingerprint density at radius 1 is 0.967 bits per heavy atom. The van der Waals surface area contributed by atoms with Crippen molar-refractivity contribution in [2.75, 3.05) is 10.6 Å². The first-order valence-electron chi connectivity index (χ1n) is 9.90. The van der Waals surface area contributed by atoms with Gasteiger partial charge in [0, 0.05) is 35.0 Å². The molecule has 0 saturated carbocycles. The highest BCUT2D eigenvalue weighted by Gasteiger charge is 2.14. The highest BCUT2D eigenvalue weighted by Crippen LogP contribution is 2.26. The summed E-state index contributed by atoms with van der Waals surface area (Å²) in [5.74, 6) is 0.653. The van der Waals surface area contributed by atoms with Crippen LogP contribution in [0.25, 0.3) is 17.0 Å². The third-order valence-electron chi connectivity index (χ3n) is 5.05. The minimum Gasteiger partial charge on any atom is -0.308 e. The Morgan fingerprint density at radius 3 is 2.40 bits per heavy atom. The topological polar surface area (TPSA) is 71.3 Å². The molecule has 2 aromatic heterocycles. The largest absolute Gasteiger partial charge is 0.323 e. The van der Waals surface area contributed by atoms with E-state index >= 15 is 0 Å². The highest BCUT2D eigenvalue weighted by atomic mass is 16.2. The first-order chi connectivity index (χ1) is 14.3. The molecule has 0 aliphatic heterocycles. The molecular weight excluding hydrogens is 374 g/mol. The van der Waals surface area contributed by atoms with Crippen molar-refractivity contribution in [1.29, 1.82) is 0 Å². The van der Waals surface area contributed by atoms with Gasteiger partial charge in [-0.2, -0.15) is 0 Å². The molecule has 2 amide bonds. The van der Waals surface area contributed by atoms with Gasteiger partial charge in [-0.05, 0) is 48.2 Å². The van der Waals surface area contributed by atoms with Gasteiger partial charge in [-0.25, -0.2) is 14.8 Å². The molecule has 4 aromatic rings. The zero-order valence-corrected chi connectivity index (χ0v) is 17.6. The van der Waals surface area contributed by atoms with Crippen molar-refractivity contribution in [2.45, 2.75) is 33.1 Å². The van der Waals surface area contributed by atoms with Crippen LogP contribution < -0.4 is 10.6 Å². The molecule has 2 N–H and O–H groups in total. The molecule has 152 valence electrons. The van der Waals surface area contributed by atoms with E-state index in [1.54, 1.807) is 6.20 Å². The van der Waals surface area contributed by atoms with Crippen molar-refractivity contribution >= 4 is 23.2 Å². The summed E-state index contributed by atoms with van der Waals surface area (Å²) in [6.07, 6.45) is 3.66. The van der Waals surface area contributed by atoms with Crippen molar-refractivity contribution in [3.8, 4) is 11.3 Å². The first kappa shape index (κ1) is 19.6. The Hall–Kier alpha value is -3.67. The summed E-state index contributed by atoms with van der Waals surface area (Å²) >= 11 is 0. The van der Waals surface area contributed by atoms with Gasteiger partial charge in [0.2, 0.25) is 5.78 Å². The van der Waals surface area contributed by atoms with Crippen LogP contribution in [0.3, 0.4) is 0 Å². The number of benzene rings is 2. The fraction of sp³-hybridized carbons (Fsp3) is 0.208. The average Bonchev–Trinajstić information content (AvgIpc) is 3.05. The van der Waals surface area contributed by atoms with Crippen molar-refractivity contribution < 1.29 is 4.79 Å². The Balaban J connectivity index is 1.50. The maximum atomic E-state index is 12.5. The number of aryl methyl sites for hydroxylation is 1. The molecule has 0 unspecified atom stereocenters. The molecule has 0 fully saturated rings. The first-order valence-corrected chi connectivity index (χ1v) is 9.90. The molecule has 6 heteroatoms. The zero-order valence-electron chi connectivity index (χ0n) is 17.6. The van der Waals surface area contributed by atoms with Crippen LogP contribution in [-0.2, 0) is 5.41 Å². The molecule has 0 radical (unpaired) electrons. The zero-order chi connectivity index (χ0) is 21.3. The van der Waals surface area contributed by atoms with Gasteiger partial charge in [-0.3, -0.25) is 4.40 Å². The number of fused-ring (bicyclic) bond motifs is 1. The number of hydrogen-bond donors (Lipinski definition) is 2. The molecule has 0 bridgehead atoms. The van der Waals surface area contributed by atoms with Crippen LogP contribution in [0, 0.1) is 6.92 Å². The van der Waals surface area contributed by atoms with Crippen LogP contribution in [0.15, 0.2) is 67.0 Å². The standard InChI is InChI=1S/C24H25N5O/c1-16-21(28-22-25-13-6-14-29(16)22)17-7-5-8-20(15-17)27-23(30)26-19-11-9-18(10-12-19)24(2,3)4/h5-15H,1-4H3,(H2,26,27,30). The molecular formula is C24H25N5O. The number of carbonyl (C=O) groups excluding carboxylic acids is 1. The fourth-order valence-electron chi connectivity index (χ4n) is 3.37. The van der Waals surface area contributed by atoms with Gasteiger partial charge in [0.1, 0.15) is 0 Å². The van der Waals surface area contributed by atoms with Gasteiger partial charge in [0.25, 0.3) is 0 Å². The highest BCUT2D eigenvalue weighted by molar-refractivity contribution is 6.00. The Morgan fingerprint density at radius 2 is 1.70 bits per heavy atom. The van der Waals surface area contributed by atoms with E-state index in [0.29, 0.717) is 11.5 Å².